The number of sulfonamides is 1. The number of carbonyl (C=O) groups is 1. The molecule has 3 aromatic rings. The number of imidazole rings is 1. The van der Waals surface area contributed by atoms with E-state index in [-0.39, 0.29) is 10.6 Å². The summed E-state index contributed by atoms with van der Waals surface area (Å²) in [5.74, 6) is -1.09. The summed E-state index contributed by atoms with van der Waals surface area (Å²) < 4.78 is 30.9. The van der Waals surface area contributed by atoms with Crippen LogP contribution >= 0.6 is 11.3 Å². The van der Waals surface area contributed by atoms with Gasteiger partial charge in [-0.25, -0.2) is 32.3 Å². The van der Waals surface area contributed by atoms with Gasteiger partial charge in [0.05, 0.1) is 15.9 Å². The van der Waals surface area contributed by atoms with Crippen LogP contribution in [-0.2, 0) is 21.9 Å². The topological polar surface area (TPSA) is 123 Å². The molecule has 0 unspecified atom stereocenters. The molecule has 1 aliphatic rings. The average Bonchev–Trinajstić information content (AvgIpc) is 3.09. The van der Waals surface area contributed by atoms with E-state index in [1.165, 1.54) is 33.5 Å². The number of hydrogen-bond acceptors (Lipinski definition) is 6. The zero-order valence-corrected chi connectivity index (χ0v) is 17.2. The van der Waals surface area contributed by atoms with Crippen LogP contribution in [-0.4, -0.2) is 39.2 Å². The summed E-state index contributed by atoms with van der Waals surface area (Å²) in [5.41, 5.74) is 0.179. The minimum absolute atomic E-state index is 0.0695. The Balaban J connectivity index is 1.83. The van der Waals surface area contributed by atoms with Gasteiger partial charge < -0.3 is 5.11 Å². The van der Waals surface area contributed by atoms with Crippen molar-refractivity contribution in [2.24, 2.45) is 7.05 Å². The van der Waals surface area contributed by atoms with Crippen molar-refractivity contribution in [1.82, 2.24) is 18.8 Å². The van der Waals surface area contributed by atoms with Gasteiger partial charge >= 0.3 is 11.7 Å². The highest BCUT2D eigenvalue weighted by molar-refractivity contribution is 7.89. The molecule has 9 nitrogen and oxygen atoms in total. The third-order valence-electron chi connectivity index (χ3n) is 4.81. The molecule has 152 valence electrons. The Morgan fingerprint density at radius 3 is 2.72 bits per heavy atom. The molecule has 4 rings (SSSR count). The first-order valence-electron chi connectivity index (χ1n) is 8.72. The van der Waals surface area contributed by atoms with E-state index in [9.17, 15) is 18.0 Å². The van der Waals surface area contributed by atoms with Crippen LogP contribution in [0.1, 0.15) is 24.6 Å². The highest BCUT2D eigenvalue weighted by atomic mass is 32.2. The molecule has 1 saturated carbocycles. The van der Waals surface area contributed by atoms with Crippen molar-refractivity contribution < 1.29 is 18.3 Å². The van der Waals surface area contributed by atoms with Gasteiger partial charge in [-0.05, 0) is 44.0 Å². The van der Waals surface area contributed by atoms with Crippen molar-refractivity contribution in [2.75, 3.05) is 0 Å². The van der Waals surface area contributed by atoms with Gasteiger partial charge in [0.2, 0.25) is 10.0 Å². The second-order valence-corrected chi connectivity index (χ2v) is 9.93. The number of nitrogens with zero attached hydrogens (tertiary/aromatic N) is 3. The highest BCUT2D eigenvalue weighted by Crippen LogP contribution is 2.36. The predicted octanol–water partition coefficient (Wildman–Crippen LogP) is 1.71. The van der Waals surface area contributed by atoms with E-state index in [2.05, 4.69) is 9.71 Å². The van der Waals surface area contributed by atoms with Gasteiger partial charge in [0.15, 0.2) is 5.13 Å². The Hall–Kier alpha value is -2.76. The fourth-order valence-electron chi connectivity index (χ4n) is 2.96. The lowest BCUT2D eigenvalue weighted by atomic mass is 10.3. The summed E-state index contributed by atoms with van der Waals surface area (Å²) in [6.07, 6.45) is 5.40. The zero-order valence-electron chi connectivity index (χ0n) is 15.6. The van der Waals surface area contributed by atoms with E-state index in [1.807, 2.05) is 6.92 Å². The van der Waals surface area contributed by atoms with Crippen molar-refractivity contribution in [3.8, 4) is 5.13 Å². The first-order valence-corrected chi connectivity index (χ1v) is 11.0. The third-order valence-corrected chi connectivity index (χ3v) is 7.40. The second kappa shape index (κ2) is 6.65. The largest absolute Gasteiger partial charge is 0.478 e. The van der Waals surface area contributed by atoms with Gasteiger partial charge in [-0.2, -0.15) is 0 Å². The number of hydrogen-bond donors (Lipinski definition) is 2. The summed E-state index contributed by atoms with van der Waals surface area (Å²) in [4.78, 5) is 28.3. The zero-order chi connectivity index (χ0) is 21.0. The van der Waals surface area contributed by atoms with Gasteiger partial charge in [-0.1, -0.05) is 11.3 Å². The van der Waals surface area contributed by atoms with E-state index in [0.717, 1.165) is 30.3 Å². The third kappa shape index (κ3) is 3.63. The number of thiazole rings is 1. The Labute approximate surface area is 170 Å². The molecule has 0 bridgehead atoms. The van der Waals surface area contributed by atoms with Crippen molar-refractivity contribution in [1.29, 1.82) is 0 Å². The maximum atomic E-state index is 12.8. The first kappa shape index (κ1) is 19.6. The smallest absolute Gasteiger partial charge is 0.335 e. The Morgan fingerprint density at radius 1 is 1.34 bits per heavy atom. The fourth-order valence-corrected chi connectivity index (χ4v) is 5.27. The standard InChI is InChI=1S/C18H18N4O5S2/c1-18(7-8-18)20-29(26,27)12-4-5-13-14(9-12)22(17(25)21(13)2)16-19-10-11(28-16)3-6-15(23)24/h3-6,9-10,20H,7-8H2,1-2H3,(H,23,24)/b6-3+. The Bertz CT molecular complexity index is 1330. The molecule has 0 aliphatic heterocycles. The van der Waals surface area contributed by atoms with E-state index < -0.39 is 21.5 Å². The molecule has 0 amide bonds. The van der Waals surface area contributed by atoms with Crippen LogP contribution in [0.2, 0.25) is 0 Å². The van der Waals surface area contributed by atoms with Gasteiger partial charge in [0, 0.05) is 29.7 Å². The fraction of sp³-hybridized carbons (Fsp3) is 0.278. The van der Waals surface area contributed by atoms with Gasteiger partial charge in [0.1, 0.15) is 0 Å². The van der Waals surface area contributed by atoms with E-state index in [1.54, 1.807) is 13.1 Å². The lowest BCUT2D eigenvalue weighted by molar-refractivity contribution is -0.131. The molecule has 0 atom stereocenters. The van der Waals surface area contributed by atoms with Crippen molar-refractivity contribution in [2.45, 2.75) is 30.2 Å². The van der Waals surface area contributed by atoms with Gasteiger partial charge in [-0.15, -0.1) is 0 Å². The SMILES string of the molecule is Cn1c(=O)n(-c2ncc(/C=C/C(=O)O)s2)c2cc(S(=O)(=O)NC3(C)CC3)ccc21. The van der Waals surface area contributed by atoms with Crippen LogP contribution in [0.25, 0.3) is 22.2 Å². The monoisotopic (exact) mass is 434 g/mol. The number of benzene rings is 1. The van der Waals surface area contributed by atoms with Crippen LogP contribution in [0.15, 0.2) is 40.2 Å². The number of aryl methyl sites for hydroxylation is 1. The van der Waals surface area contributed by atoms with Crippen molar-refractivity contribution in [3.63, 3.8) is 0 Å². The lowest BCUT2D eigenvalue weighted by Crippen LogP contribution is -2.34. The number of nitrogens with one attached hydrogen (secondary N) is 1. The molecule has 1 fully saturated rings. The number of fused-ring (bicyclic) bond motifs is 1. The van der Waals surface area contributed by atoms with Crippen LogP contribution in [0, 0.1) is 0 Å². The number of aliphatic carboxylic acids is 1. The van der Waals surface area contributed by atoms with E-state index in [0.29, 0.717) is 21.0 Å². The van der Waals surface area contributed by atoms with Crippen molar-refractivity contribution in [3.05, 3.63) is 45.8 Å². The molecule has 2 aromatic heterocycles. The molecule has 11 heteroatoms. The predicted molar refractivity (Wildman–Crippen MR) is 109 cm³/mol. The molecule has 0 saturated heterocycles. The first-order chi connectivity index (χ1) is 13.6. The molecule has 1 aliphatic carbocycles. The van der Waals surface area contributed by atoms with Crippen LogP contribution in [0.5, 0.6) is 0 Å². The molecule has 0 spiro atoms. The summed E-state index contributed by atoms with van der Waals surface area (Å²) in [6, 6.07) is 4.53. The normalized spacial score (nSPS) is 15.9. The summed E-state index contributed by atoms with van der Waals surface area (Å²) >= 11 is 1.13. The minimum atomic E-state index is -3.73. The van der Waals surface area contributed by atoms with E-state index >= 15 is 0 Å². The molecule has 0 radical (unpaired) electrons. The molecule has 1 aromatic carbocycles. The highest BCUT2D eigenvalue weighted by Gasteiger charge is 2.41. The number of carboxylic acid groups (broad SMARTS) is 1. The molecule has 2 N–H and O–H groups in total. The average molecular weight is 434 g/mol. The minimum Gasteiger partial charge on any atom is -0.478 e. The van der Waals surface area contributed by atoms with Gasteiger partial charge in [0.25, 0.3) is 0 Å². The van der Waals surface area contributed by atoms with Crippen LogP contribution < -0.4 is 10.4 Å². The molecule has 2 heterocycles. The van der Waals surface area contributed by atoms with Gasteiger partial charge in [-0.3, -0.25) is 4.57 Å². The van der Waals surface area contributed by atoms with Crippen LogP contribution in [0.3, 0.4) is 0 Å². The Morgan fingerprint density at radius 2 is 2.07 bits per heavy atom. The van der Waals surface area contributed by atoms with Crippen molar-refractivity contribution >= 4 is 44.4 Å². The molecule has 29 heavy (non-hydrogen) atoms. The van der Waals surface area contributed by atoms with E-state index in [4.69, 9.17) is 5.11 Å². The maximum absolute atomic E-state index is 12.8. The summed E-state index contributed by atoms with van der Waals surface area (Å²) in [6.45, 7) is 1.85. The number of rotatable bonds is 6. The number of carboxylic acids is 1. The summed E-state index contributed by atoms with van der Waals surface area (Å²) in [5, 5.41) is 9.08. The lowest BCUT2D eigenvalue weighted by Gasteiger charge is -2.12. The second-order valence-electron chi connectivity index (χ2n) is 7.21. The quantitative estimate of drug-likeness (QED) is 0.570. The Kier molecular flexibility index (Phi) is 4.48. The molecular formula is C18H18N4O5S2. The summed E-state index contributed by atoms with van der Waals surface area (Å²) in [7, 11) is -2.14. The number of aromatic nitrogens is 3. The molecular weight excluding hydrogens is 416 g/mol. The van der Waals surface area contributed by atoms with Crippen LogP contribution in [0.4, 0.5) is 0 Å². The maximum Gasteiger partial charge on any atom is 0.335 e.